The third-order valence-electron chi connectivity index (χ3n) is 5.52. The van der Waals surface area contributed by atoms with E-state index in [2.05, 4.69) is 44.8 Å². The first kappa shape index (κ1) is 20.9. The third-order valence-corrected chi connectivity index (χ3v) is 6.53. The average Bonchev–Trinajstić information content (AvgIpc) is 2.78. The summed E-state index contributed by atoms with van der Waals surface area (Å²) in [5.41, 5.74) is 0.987. The van der Waals surface area contributed by atoms with Gasteiger partial charge in [0.15, 0.2) is 0 Å². The van der Waals surface area contributed by atoms with E-state index in [-0.39, 0.29) is 0 Å². The molecule has 2 aromatic heterocycles. The van der Waals surface area contributed by atoms with Crippen molar-refractivity contribution >= 4 is 34.4 Å². The quantitative estimate of drug-likeness (QED) is 0.417. The molecule has 7 heteroatoms. The Bertz CT molecular complexity index is 941. The van der Waals surface area contributed by atoms with Crippen LogP contribution in [0.15, 0.2) is 53.7 Å². The van der Waals surface area contributed by atoms with E-state index in [0.29, 0.717) is 12.1 Å². The molecular formula is C23H30N6S. The van der Waals surface area contributed by atoms with Gasteiger partial charge in [0.05, 0.1) is 5.52 Å². The van der Waals surface area contributed by atoms with E-state index >= 15 is 0 Å². The van der Waals surface area contributed by atoms with Crippen molar-refractivity contribution in [2.45, 2.75) is 42.7 Å². The number of hydrogen-bond acceptors (Lipinski definition) is 7. The molecule has 1 aliphatic carbocycles. The van der Waals surface area contributed by atoms with E-state index in [1.54, 1.807) is 0 Å². The minimum Gasteiger partial charge on any atom is -0.362 e. The fourth-order valence-corrected chi connectivity index (χ4v) is 4.73. The van der Waals surface area contributed by atoms with Gasteiger partial charge in [-0.2, -0.15) is 4.98 Å². The van der Waals surface area contributed by atoms with Gasteiger partial charge in [-0.25, -0.2) is 4.98 Å². The van der Waals surface area contributed by atoms with Crippen LogP contribution in [0.25, 0.3) is 10.9 Å². The van der Waals surface area contributed by atoms with Gasteiger partial charge in [-0.1, -0.05) is 12.1 Å². The zero-order valence-corrected chi connectivity index (χ0v) is 18.5. The van der Waals surface area contributed by atoms with Crippen LogP contribution < -0.4 is 15.5 Å². The number of aromatic nitrogens is 3. The molecule has 30 heavy (non-hydrogen) atoms. The molecule has 4 rings (SSSR count). The molecule has 0 bridgehead atoms. The maximum atomic E-state index is 4.78. The molecule has 0 spiro atoms. The summed E-state index contributed by atoms with van der Waals surface area (Å²) in [7, 11) is 4.06. The minimum atomic E-state index is 0.436. The summed E-state index contributed by atoms with van der Waals surface area (Å²) < 4.78 is 0. The van der Waals surface area contributed by atoms with Crippen molar-refractivity contribution in [1.29, 1.82) is 0 Å². The molecule has 0 radical (unpaired) electrons. The number of anilines is 2. The Hall–Kier alpha value is -2.38. The Kier molecular flexibility index (Phi) is 7.02. The molecule has 1 aliphatic rings. The van der Waals surface area contributed by atoms with Crippen molar-refractivity contribution < 1.29 is 0 Å². The summed E-state index contributed by atoms with van der Waals surface area (Å²) in [6.45, 7) is 1.04. The van der Waals surface area contributed by atoms with Crippen LogP contribution in [0, 0.1) is 0 Å². The summed E-state index contributed by atoms with van der Waals surface area (Å²) in [6.07, 6.45) is 8.36. The van der Waals surface area contributed by atoms with Crippen molar-refractivity contribution in [1.82, 2.24) is 20.3 Å². The van der Waals surface area contributed by atoms with Gasteiger partial charge in [-0.05, 0) is 49.9 Å². The summed E-state index contributed by atoms with van der Waals surface area (Å²) in [4.78, 5) is 16.9. The van der Waals surface area contributed by atoms with Gasteiger partial charge in [-0.3, -0.25) is 4.98 Å². The standard InChI is InChI=1S/C23H30N6S/c1-29(2)22-20-5-3-4-6-21(20)27-23(28-22)26-18-9-7-17(8-10-18)25-15-16-30-19-11-13-24-14-12-19/h3-6,11-14,17-18,25H,7-10,15-16H2,1-2H3,(H,26,27,28)/t17-,18+. The van der Waals surface area contributed by atoms with Crippen LogP contribution in [0.4, 0.5) is 11.8 Å². The number of fused-ring (bicyclic) bond motifs is 1. The molecule has 0 amide bonds. The van der Waals surface area contributed by atoms with Crippen LogP contribution in [0.3, 0.4) is 0 Å². The van der Waals surface area contributed by atoms with Crippen molar-refractivity contribution in [2.24, 2.45) is 0 Å². The molecule has 0 unspecified atom stereocenters. The molecule has 0 aliphatic heterocycles. The Morgan fingerprint density at radius 3 is 2.47 bits per heavy atom. The first-order valence-corrected chi connectivity index (χ1v) is 11.6. The minimum absolute atomic E-state index is 0.436. The zero-order valence-electron chi connectivity index (χ0n) is 17.7. The summed E-state index contributed by atoms with van der Waals surface area (Å²) in [5.74, 6) is 2.79. The molecular weight excluding hydrogens is 392 g/mol. The van der Waals surface area contributed by atoms with E-state index in [1.165, 1.54) is 17.7 Å². The van der Waals surface area contributed by atoms with Crippen molar-refractivity contribution in [3.63, 3.8) is 0 Å². The second kappa shape index (κ2) is 10.1. The number of thioether (sulfide) groups is 1. The molecule has 158 valence electrons. The summed E-state index contributed by atoms with van der Waals surface area (Å²) in [6, 6.07) is 13.4. The summed E-state index contributed by atoms with van der Waals surface area (Å²) >= 11 is 1.88. The molecule has 1 saturated carbocycles. The van der Waals surface area contributed by atoms with E-state index in [1.807, 2.05) is 50.4 Å². The SMILES string of the molecule is CN(C)c1nc(N[C@H]2CC[C@@H](NCCSc3ccncc3)CC2)nc2ccccc12. The maximum absolute atomic E-state index is 4.78. The molecule has 1 aromatic carbocycles. The molecule has 0 atom stereocenters. The van der Waals surface area contributed by atoms with Crippen LogP contribution in [0.2, 0.25) is 0 Å². The van der Waals surface area contributed by atoms with Gasteiger partial charge >= 0.3 is 0 Å². The number of pyridine rings is 1. The molecule has 2 heterocycles. The Morgan fingerprint density at radius 1 is 0.967 bits per heavy atom. The lowest BCUT2D eigenvalue weighted by molar-refractivity contribution is 0.359. The molecule has 1 fully saturated rings. The number of nitrogens with zero attached hydrogens (tertiary/aromatic N) is 4. The highest BCUT2D eigenvalue weighted by Gasteiger charge is 2.21. The summed E-state index contributed by atoms with van der Waals surface area (Å²) in [5, 5.41) is 8.40. The lowest BCUT2D eigenvalue weighted by Crippen LogP contribution is -2.38. The zero-order chi connectivity index (χ0) is 20.8. The van der Waals surface area contributed by atoms with Crippen molar-refractivity contribution in [3.8, 4) is 0 Å². The fourth-order valence-electron chi connectivity index (χ4n) is 3.96. The lowest BCUT2D eigenvalue weighted by atomic mass is 9.91. The van der Waals surface area contributed by atoms with Gasteiger partial charge in [-0.15, -0.1) is 11.8 Å². The normalized spacial score (nSPS) is 19.0. The third kappa shape index (κ3) is 5.40. The van der Waals surface area contributed by atoms with E-state index in [4.69, 9.17) is 9.97 Å². The van der Waals surface area contributed by atoms with Gasteiger partial charge in [0, 0.05) is 61.2 Å². The predicted octanol–water partition coefficient (Wildman–Crippen LogP) is 4.20. The van der Waals surface area contributed by atoms with E-state index in [9.17, 15) is 0 Å². The van der Waals surface area contributed by atoms with Crippen LogP contribution in [-0.2, 0) is 0 Å². The Labute approximate surface area is 182 Å². The van der Waals surface area contributed by atoms with Gasteiger partial charge in [0.1, 0.15) is 5.82 Å². The number of benzene rings is 1. The Morgan fingerprint density at radius 2 is 1.70 bits per heavy atom. The van der Waals surface area contributed by atoms with Gasteiger partial charge < -0.3 is 15.5 Å². The van der Waals surface area contributed by atoms with Crippen LogP contribution in [0.1, 0.15) is 25.7 Å². The Balaban J connectivity index is 1.26. The molecule has 0 saturated heterocycles. The second-order valence-corrected chi connectivity index (χ2v) is 9.13. The molecule has 3 aromatic rings. The average molecular weight is 423 g/mol. The molecule has 2 N–H and O–H groups in total. The highest BCUT2D eigenvalue weighted by molar-refractivity contribution is 7.99. The smallest absolute Gasteiger partial charge is 0.225 e. The maximum Gasteiger partial charge on any atom is 0.225 e. The highest BCUT2D eigenvalue weighted by Crippen LogP contribution is 2.26. The fraction of sp³-hybridized carbons (Fsp3) is 0.435. The monoisotopic (exact) mass is 422 g/mol. The first-order valence-electron chi connectivity index (χ1n) is 10.7. The number of para-hydroxylation sites is 1. The van der Waals surface area contributed by atoms with E-state index < -0.39 is 0 Å². The van der Waals surface area contributed by atoms with Gasteiger partial charge in [0.2, 0.25) is 5.95 Å². The number of rotatable bonds is 8. The van der Waals surface area contributed by atoms with Crippen LogP contribution in [-0.4, -0.2) is 53.4 Å². The first-order chi connectivity index (χ1) is 14.7. The lowest BCUT2D eigenvalue weighted by Gasteiger charge is -2.30. The topological polar surface area (TPSA) is 66.0 Å². The van der Waals surface area contributed by atoms with Crippen LogP contribution >= 0.6 is 11.8 Å². The molecule has 6 nitrogen and oxygen atoms in total. The highest BCUT2D eigenvalue weighted by atomic mass is 32.2. The predicted molar refractivity (Wildman–Crippen MR) is 126 cm³/mol. The second-order valence-electron chi connectivity index (χ2n) is 7.96. The number of nitrogens with one attached hydrogen (secondary N) is 2. The van der Waals surface area contributed by atoms with Crippen molar-refractivity contribution in [2.75, 3.05) is 36.6 Å². The van der Waals surface area contributed by atoms with E-state index in [0.717, 1.165) is 47.8 Å². The largest absolute Gasteiger partial charge is 0.362 e. The number of hydrogen-bond donors (Lipinski definition) is 2. The van der Waals surface area contributed by atoms with Crippen LogP contribution in [0.5, 0.6) is 0 Å². The van der Waals surface area contributed by atoms with Gasteiger partial charge in [0.25, 0.3) is 0 Å². The van der Waals surface area contributed by atoms with Crippen molar-refractivity contribution in [3.05, 3.63) is 48.8 Å².